The quantitative estimate of drug-likeness (QED) is 0.548. The Morgan fingerprint density at radius 2 is 1.87 bits per heavy atom. The van der Waals surface area contributed by atoms with Crippen LogP contribution in [0.2, 0.25) is 0 Å². The van der Waals surface area contributed by atoms with E-state index in [9.17, 15) is 22.0 Å². The van der Waals surface area contributed by atoms with Crippen LogP contribution in [0.15, 0.2) is 41.3 Å². The largest absolute Gasteiger partial charge is 0.421 e. The smallest absolute Gasteiger partial charge is 0.322 e. The Hall–Kier alpha value is -3.14. The average Bonchev–Trinajstić information content (AvgIpc) is 2.66. The fraction of sp³-hybridized carbons (Fsp3) is 0.286. The van der Waals surface area contributed by atoms with Gasteiger partial charge in [0.1, 0.15) is 5.82 Å². The maximum absolute atomic E-state index is 14.2. The van der Waals surface area contributed by atoms with E-state index in [4.69, 9.17) is 4.74 Å². The minimum absolute atomic E-state index is 0.0198. The summed E-state index contributed by atoms with van der Waals surface area (Å²) >= 11 is 0. The molecule has 0 aliphatic heterocycles. The van der Waals surface area contributed by atoms with Crippen LogP contribution in [0.3, 0.4) is 0 Å². The molecule has 0 saturated heterocycles. The molecule has 164 valence electrons. The molecule has 0 spiro atoms. The van der Waals surface area contributed by atoms with E-state index < -0.39 is 21.5 Å². The lowest BCUT2D eigenvalue weighted by Crippen LogP contribution is -2.14. The minimum atomic E-state index is -3.43. The predicted octanol–water partition coefficient (Wildman–Crippen LogP) is 3.55. The molecule has 2 aromatic heterocycles. The second-order valence-corrected chi connectivity index (χ2v) is 9.31. The molecule has 0 aliphatic rings. The van der Waals surface area contributed by atoms with Gasteiger partial charge in [0.05, 0.1) is 22.9 Å². The number of rotatable bonds is 7. The van der Waals surface area contributed by atoms with Gasteiger partial charge in [-0.15, -0.1) is 0 Å². The lowest BCUT2D eigenvalue weighted by Gasteiger charge is -2.12. The van der Waals surface area contributed by atoms with E-state index in [-0.39, 0.29) is 40.1 Å². The van der Waals surface area contributed by atoms with Crippen molar-refractivity contribution in [1.29, 1.82) is 0 Å². The van der Waals surface area contributed by atoms with Crippen LogP contribution in [-0.2, 0) is 22.6 Å². The maximum Gasteiger partial charge on any atom is 0.322 e. The van der Waals surface area contributed by atoms with E-state index in [0.29, 0.717) is 23.7 Å². The molecule has 3 aromatic rings. The number of sulfone groups is 1. The summed E-state index contributed by atoms with van der Waals surface area (Å²) in [6.45, 7) is 3.22. The number of hydrogen-bond acceptors (Lipinski definition) is 6. The first-order chi connectivity index (χ1) is 14.6. The summed E-state index contributed by atoms with van der Waals surface area (Å²) in [6, 6.07) is 5.83. The first-order valence-electron chi connectivity index (χ1n) is 9.47. The zero-order valence-corrected chi connectivity index (χ0v) is 18.0. The standard InChI is InChI=1S/C21H21F2N3O4S/c1-4-7-31(28,29)12-16-10-18(14-5-6-19(27)26(3)11-14)25-21(24-16)30-20-13(2)8-15(22)9-17(20)23/h5-6,8-11H,4,7,12H2,1-3H3. The van der Waals surface area contributed by atoms with E-state index in [1.807, 2.05) is 0 Å². The predicted molar refractivity (Wildman–Crippen MR) is 112 cm³/mol. The molecule has 0 N–H and O–H groups in total. The third-order valence-electron chi connectivity index (χ3n) is 4.41. The second-order valence-electron chi connectivity index (χ2n) is 7.12. The average molecular weight is 449 g/mol. The highest BCUT2D eigenvalue weighted by molar-refractivity contribution is 7.90. The summed E-state index contributed by atoms with van der Waals surface area (Å²) < 4.78 is 59.1. The zero-order chi connectivity index (χ0) is 22.8. The first-order valence-corrected chi connectivity index (χ1v) is 11.3. The van der Waals surface area contributed by atoms with Crippen LogP contribution in [0.25, 0.3) is 11.3 Å². The van der Waals surface area contributed by atoms with E-state index in [0.717, 1.165) is 6.07 Å². The molecule has 0 saturated carbocycles. The Morgan fingerprint density at radius 3 is 2.52 bits per heavy atom. The zero-order valence-electron chi connectivity index (χ0n) is 17.2. The van der Waals surface area contributed by atoms with E-state index in [1.165, 1.54) is 35.9 Å². The van der Waals surface area contributed by atoms with Gasteiger partial charge in [0, 0.05) is 30.9 Å². The Balaban J connectivity index is 2.10. The van der Waals surface area contributed by atoms with Crippen molar-refractivity contribution in [3.05, 3.63) is 69.8 Å². The van der Waals surface area contributed by atoms with Gasteiger partial charge in [-0.25, -0.2) is 17.2 Å². The molecule has 2 heterocycles. The molecule has 1 aromatic carbocycles. The van der Waals surface area contributed by atoms with Crippen molar-refractivity contribution in [1.82, 2.24) is 14.5 Å². The van der Waals surface area contributed by atoms with Crippen LogP contribution >= 0.6 is 0 Å². The summed E-state index contributed by atoms with van der Waals surface area (Å²) in [5, 5.41) is 0. The summed E-state index contributed by atoms with van der Waals surface area (Å²) in [4.78, 5) is 20.1. The number of aromatic nitrogens is 3. The molecule has 0 unspecified atom stereocenters. The van der Waals surface area contributed by atoms with Crippen LogP contribution in [-0.4, -0.2) is 28.7 Å². The fourth-order valence-corrected chi connectivity index (χ4v) is 4.37. The summed E-state index contributed by atoms with van der Waals surface area (Å²) in [5.41, 5.74) is 0.919. The fourth-order valence-electron chi connectivity index (χ4n) is 3.00. The number of benzene rings is 1. The van der Waals surface area contributed by atoms with Crippen molar-refractivity contribution in [3.63, 3.8) is 0 Å². The van der Waals surface area contributed by atoms with Crippen molar-refractivity contribution in [2.75, 3.05) is 5.75 Å². The molecule has 0 radical (unpaired) electrons. The van der Waals surface area contributed by atoms with Crippen LogP contribution in [0.1, 0.15) is 24.6 Å². The van der Waals surface area contributed by atoms with Crippen molar-refractivity contribution in [2.45, 2.75) is 26.0 Å². The molecule has 3 rings (SSSR count). The van der Waals surface area contributed by atoms with Gasteiger partial charge in [-0.05, 0) is 37.1 Å². The SMILES string of the molecule is CCCS(=O)(=O)Cc1cc(-c2ccc(=O)n(C)c2)nc(Oc2c(C)cc(F)cc2F)n1. The van der Waals surface area contributed by atoms with Gasteiger partial charge in [0.2, 0.25) is 5.56 Å². The molecule has 0 aliphatic carbocycles. The van der Waals surface area contributed by atoms with Crippen LogP contribution in [0.5, 0.6) is 11.8 Å². The molecule has 10 heteroatoms. The van der Waals surface area contributed by atoms with Crippen molar-refractivity contribution < 1.29 is 21.9 Å². The number of hydrogen-bond donors (Lipinski definition) is 0. The number of ether oxygens (including phenoxy) is 1. The van der Waals surface area contributed by atoms with Crippen LogP contribution in [0.4, 0.5) is 8.78 Å². The Bertz CT molecular complexity index is 1270. The van der Waals surface area contributed by atoms with Crippen molar-refractivity contribution in [3.8, 4) is 23.0 Å². The highest BCUT2D eigenvalue weighted by Gasteiger charge is 2.18. The highest BCUT2D eigenvalue weighted by Crippen LogP contribution is 2.29. The number of pyridine rings is 1. The van der Waals surface area contributed by atoms with Gasteiger partial charge in [0.15, 0.2) is 21.4 Å². The number of aryl methyl sites for hydroxylation is 2. The molecule has 31 heavy (non-hydrogen) atoms. The van der Waals surface area contributed by atoms with E-state index >= 15 is 0 Å². The molecular weight excluding hydrogens is 428 g/mol. The first kappa shape index (κ1) is 22.5. The lowest BCUT2D eigenvalue weighted by atomic mass is 10.2. The molecule has 0 fully saturated rings. The number of halogens is 2. The van der Waals surface area contributed by atoms with Gasteiger partial charge in [-0.3, -0.25) is 4.79 Å². The number of nitrogens with zero attached hydrogens (tertiary/aromatic N) is 3. The van der Waals surface area contributed by atoms with Gasteiger partial charge in [-0.1, -0.05) is 6.92 Å². The minimum Gasteiger partial charge on any atom is -0.421 e. The van der Waals surface area contributed by atoms with Crippen LogP contribution in [0, 0.1) is 18.6 Å². The van der Waals surface area contributed by atoms with E-state index in [1.54, 1.807) is 14.0 Å². The third kappa shape index (κ3) is 5.52. The molecule has 0 bridgehead atoms. The Kier molecular flexibility index (Phi) is 6.49. The third-order valence-corrected chi connectivity index (χ3v) is 6.18. The summed E-state index contributed by atoms with van der Waals surface area (Å²) in [6.07, 6.45) is 1.98. The maximum atomic E-state index is 14.2. The van der Waals surface area contributed by atoms with Crippen molar-refractivity contribution >= 4 is 9.84 Å². The molecular formula is C21H21F2N3O4S. The van der Waals surface area contributed by atoms with Gasteiger partial charge < -0.3 is 9.30 Å². The normalized spacial score (nSPS) is 11.5. The molecule has 0 atom stereocenters. The highest BCUT2D eigenvalue weighted by atomic mass is 32.2. The van der Waals surface area contributed by atoms with Gasteiger partial charge in [-0.2, -0.15) is 9.97 Å². The summed E-state index contributed by atoms with van der Waals surface area (Å²) in [7, 11) is -1.87. The monoisotopic (exact) mass is 449 g/mol. The lowest BCUT2D eigenvalue weighted by molar-refractivity contribution is 0.404. The van der Waals surface area contributed by atoms with Gasteiger partial charge in [0.25, 0.3) is 0 Å². The van der Waals surface area contributed by atoms with Gasteiger partial charge >= 0.3 is 6.01 Å². The van der Waals surface area contributed by atoms with Crippen molar-refractivity contribution in [2.24, 2.45) is 7.05 Å². The molecule has 0 amide bonds. The molecule has 7 nitrogen and oxygen atoms in total. The van der Waals surface area contributed by atoms with E-state index in [2.05, 4.69) is 9.97 Å². The Labute approximate surface area is 178 Å². The Morgan fingerprint density at radius 1 is 1.13 bits per heavy atom. The second kappa shape index (κ2) is 8.93. The van der Waals surface area contributed by atoms with Crippen LogP contribution < -0.4 is 10.3 Å². The summed E-state index contributed by atoms with van der Waals surface area (Å²) in [5.74, 6) is -2.33. The topological polar surface area (TPSA) is 91.2 Å².